The third kappa shape index (κ3) is 3.18. The molecule has 1 aliphatic rings. The van der Waals surface area contributed by atoms with E-state index in [0.717, 1.165) is 43.1 Å². The molecule has 0 aliphatic heterocycles. The van der Waals surface area contributed by atoms with Crippen LogP contribution in [0.2, 0.25) is 5.02 Å². The fraction of sp³-hybridized carbons (Fsp3) is 0.600. The van der Waals surface area contributed by atoms with Crippen LogP contribution < -0.4 is 10.1 Å². The van der Waals surface area contributed by atoms with Gasteiger partial charge in [-0.05, 0) is 63.4 Å². The molecular weight excluding hydrogens is 246 g/mol. The van der Waals surface area contributed by atoms with E-state index >= 15 is 0 Å². The third-order valence-corrected chi connectivity index (χ3v) is 4.00. The zero-order chi connectivity index (χ0) is 13.0. The van der Waals surface area contributed by atoms with E-state index in [2.05, 4.69) is 19.2 Å². The zero-order valence-corrected chi connectivity index (χ0v) is 12.0. The molecule has 2 rings (SSSR count). The summed E-state index contributed by atoms with van der Waals surface area (Å²) in [6.45, 7) is 6.22. The van der Waals surface area contributed by atoms with Crippen molar-refractivity contribution in [2.45, 2.75) is 45.1 Å². The molecule has 0 saturated heterocycles. The van der Waals surface area contributed by atoms with Crippen LogP contribution in [0, 0.1) is 6.92 Å². The van der Waals surface area contributed by atoms with Crippen molar-refractivity contribution < 1.29 is 4.74 Å². The smallest absolute Gasteiger partial charge is 0.138 e. The van der Waals surface area contributed by atoms with Gasteiger partial charge in [-0.1, -0.05) is 24.6 Å². The Morgan fingerprint density at radius 2 is 2.17 bits per heavy atom. The highest BCUT2D eigenvalue weighted by Gasteiger charge is 2.39. The summed E-state index contributed by atoms with van der Waals surface area (Å²) in [5.41, 5.74) is 1.20. The second kappa shape index (κ2) is 5.94. The van der Waals surface area contributed by atoms with E-state index in [0.29, 0.717) is 0 Å². The van der Waals surface area contributed by atoms with Gasteiger partial charge in [0.25, 0.3) is 0 Å². The Bertz CT molecular complexity index is 401. The quantitative estimate of drug-likeness (QED) is 0.788. The summed E-state index contributed by atoms with van der Waals surface area (Å²) in [5, 5.41) is 4.09. The normalized spacial score (nSPS) is 17.3. The summed E-state index contributed by atoms with van der Waals surface area (Å²) in [6.07, 6.45) is 4.60. The van der Waals surface area contributed by atoms with E-state index < -0.39 is 0 Å². The molecule has 1 aromatic carbocycles. The molecule has 0 bridgehead atoms. The average molecular weight is 268 g/mol. The molecule has 2 nitrogen and oxygen atoms in total. The minimum absolute atomic E-state index is 0.0135. The fourth-order valence-corrected chi connectivity index (χ4v) is 2.55. The van der Waals surface area contributed by atoms with E-state index in [1.807, 2.05) is 18.2 Å². The van der Waals surface area contributed by atoms with Crippen molar-refractivity contribution in [3.05, 3.63) is 28.8 Å². The topological polar surface area (TPSA) is 21.3 Å². The van der Waals surface area contributed by atoms with E-state index in [1.54, 1.807) is 0 Å². The predicted octanol–water partition coefficient (Wildman–Crippen LogP) is 3.95. The van der Waals surface area contributed by atoms with Gasteiger partial charge in [-0.25, -0.2) is 0 Å². The minimum atomic E-state index is 0.0135. The molecule has 0 unspecified atom stereocenters. The van der Waals surface area contributed by atoms with Crippen LogP contribution in [-0.4, -0.2) is 18.7 Å². The molecule has 100 valence electrons. The largest absolute Gasteiger partial charge is 0.486 e. The molecule has 1 fully saturated rings. The molecule has 0 heterocycles. The standard InChI is InChI=1S/C15H22ClNO/c1-3-17-10-9-15(7-4-8-15)18-14-11-12(2)5-6-13(14)16/h5-6,11,17H,3-4,7-10H2,1-2H3. The Kier molecular flexibility index (Phi) is 4.52. The predicted molar refractivity (Wildman–Crippen MR) is 76.6 cm³/mol. The molecule has 0 amide bonds. The molecule has 0 atom stereocenters. The van der Waals surface area contributed by atoms with Gasteiger partial charge in [-0.3, -0.25) is 0 Å². The molecule has 1 aromatic rings. The molecular formula is C15H22ClNO. The van der Waals surface area contributed by atoms with Crippen molar-refractivity contribution in [3.8, 4) is 5.75 Å². The second-order valence-electron chi connectivity index (χ2n) is 5.18. The Morgan fingerprint density at radius 3 is 2.78 bits per heavy atom. The van der Waals surface area contributed by atoms with Crippen molar-refractivity contribution in [1.82, 2.24) is 5.32 Å². The molecule has 3 heteroatoms. The van der Waals surface area contributed by atoms with Crippen molar-refractivity contribution in [2.75, 3.05) is 13.1 Å². The van der Waals surface area contributed by atoms with Gasteiger partial charge in [-0.15, -0.1) is 0 Å². The summed E-state index contributed by atoms with van der Waals surface area (Å²) in [6, 6.07) is 5.97. The van der Waals surface area contributed by atoms with Crippen LogP contribution in [0.1, 0.15) is 38.2 Å². The van der Waals surface area contributed by atoms with Crippen molar-refractivity contribution in [3.63, 3.8) is 0 Å². The van der Waals surface area contributed by atoms with Gasteiger partial charge in [-0.2, -0.15) is 0 Å². The highest BCUT2D eigenvalue weighted by molar-refractivity contribution is 6.32. The lowest BCUT2D eigenvalue weighted by Crippen LogP contribution is -2.45. The van der Waals surface area contributed by atoms with Gasteiger partial charge in [0.1, 0.15) is 11.4 Å². The maximum Gasteiger partial charge on any atom is 0.138 e. The van der Waals surface area contributed by atoms with Crippen LogP contribution in [0.3, 0.4) is 0 Å². The molecule has 1 N–H and O–H groups in total. The highest BCUT2D eigenvalue weighted by atomic mass is 35.5. The molecule has 0 spiro atoms. The first-order valence-electron chi connectivity index (χ1n) is 6.81. The number of benzene rings is 1. The van der Waals surface area contributed by atoms with Gasteiger partial charge >= 0.3 is 0 Å². The molecule has 0 aromatic heterocycles. The Labute approximate surface area is 115 Å². The van der Waals surface area contributed by atoms with Crippen LogP contribution in [0.25, 0.3) is 0 Å². The summed E-state index contributed by atoms with van der Waals surface area (Å²) in [7, 11) is 0. The number of aryl methyl sites for hydroxylation is 1. The van der Waals surface area contributed by atoms with Crippen molar-refractivity contribution >= 4 is 11.6 Å². The summed E-state index contributed by atoms with van der Waals surface area (Å²) < 4.78 is 6.22. The third-order valence-electron chi connectivity index (χ3n) is 3.69. The maximum atomic E-state index is 6.22. The van der Waals surface area contributed by atoms with Gasteiger partial charge in [0, 0.05) is 0 Å². The minimum Gasteiger partial charge on any atom is -0.486 e. The lowest BCUT2D eigenvalue weighted by molar-refractivity contribution is -0.0140. The number of rotatable bonds is 6. The van der Waals surface area contributed by atoms with E-state index in [-0.39, 0.29) is 5.60 Å². The van der Waals surface area contributed by atoms with Crippen LogP contribution >= 0.6 is 11.6 Å². The number of hydrogen-bond acceptors (Lipinski definition) is 2. The molecule has 18 heavy (non-hydrogen) atoms. The summed E-state index contributed by atoms with van der Waals surface area (Å²) in [4.78, 5) is 0. The van der Waals surface area contributed by atoms with Crippen molar-refractivity contribution in [1.29, 1.82) is 0 Å². The summed E-state index contributed by atoms with van der Waals surface area (Å²) in [5.74, 6) is 0.841. The van der Waals surface area contributed by atoms with Crippen LogP contribution in [-0.2, 0) is 0 Å². The Morgan fingerprint density at radius 1 is 1.39 bits per heavy atom. The summed E-state index contributed by atoms with van der Waals surface area (Å²) >= 11 is 6.20. The lowest BCUT2D eigenvalue weighted by Gasteiger charge is -2.42. The van der Waals surface area contributed by atoms with E-state index in [1.165, 1.54) is 12.0 Å². The van der Waals surface area contributed by atoms with Crippen molar-refractivity contribution in [2.24, 2.45) is 0 Å². The number of nitrogens with one attached hydrogen (secondary N) is 1. The average Bonchev–Trinajstić information content (AvgIpc) is 2.30. The first-order chi connectivity index (χ1) is 8.65. The second-order valence-corrected chi connectivity index (χ2v) is 5.58. The van der Waals surface area contributed by atoms with E-state index in [9.17, 15) is 0 Å². The lowest BCUT2D eigenvalue weighted by atomic mass is 9.77. The number of ether oxygens (including phenoxy) is 1. The SMILES string of the molecule is CCNCCC1(Oc2cc(C)ccc2Cl)CCC1. The van der Waals surface area contributed by atoms with Gasteiger partial charge in [0.2, 0.25) is 0 Å². The van der Waals surface area contributed by atoms with Crippen LogP contribution in [0.4, 0.5) is 0 Å². The number of hydrogen-bond donors (Lipinski definition) is 1. The molecule has 1 aliphatic carbocycles. The number of halogens is 1. The highest BCUT2D eigenvalue weighted by Crippen LogP contribution is 2.41. The first kappa shape index (κ1) is 13.7. The Balaban J connectivity index is 2.03. The van der Waals surface area contributed by atoms with Gasteiger partial charge in [0.05, 0.1) is 5.02 Å². The van der Waals surface area contributed by atoms with E-state index in [4.69, 9.17) is 16.3 Å². The zero-order valence-electron chi connectivity index (χ0n) is 11.3. The van der Waals surface area contributed by atoms with Gasteiger partial charge < -0.3 is 10.1 Å². The molecule has 0 radical (unpaired) electrons. The van der Waals surface area contributed by atoms with Crippen LogP contribution in [0.5, 0.6) is 5.75 Å². The monoisotopic (exact) mass is 267 g/mol. The first-order valence-corrected chi connectivity index (χ1v) is 7.19. The maximum absolute atomic E-state index is 6.22. The molecule has 1 saturated carbocycles. The fourth-order valence-electron chi connectivity index (χ4n) is 2.39. The van der Waals surface area contributed by atoms with Crippen LogP contribution in [0.15, 0.2) is 18.2 Å². The van der Waals surface area contributed by atoms with Gasteiger partial charge in [0.15, 0.2) is 0 Å². The Hall–Kier alpha value is -0.730.